The summed E-state index contributed by atoms with van der Waals surface area (Å²) < 4.78 is 0. The maximum atomic E-state index is 12.0. The van der Waals surface area contributed by atoms with Crippen molar-refractivity contribution in [3.8, 4) is 0 Å². The second kappa shape index (κ2) is 10.00. The first-order valence-corrected chi connectivity index (χ1v) is 6.57. The molecule has 1 aliphatic heterocycles. The van der Waals surface area contributed by atoms with Gasteiger partial charge in [-0.05, 0) is 24.9 Å². The van der Waals surface area contributed by atoms with Gasteiger partial charge in [0.05, 0.1) is 6.04 Å². The van der Waals surface area contributed by atoms with Crippen LogP contribution in [-0.2, 0) is 11.3 Å². The molecule has 0 saturated carbocycles. The number of nitrogens with two attached hydrogens (primary N) is 1. The smallest absolute Gasteiger partial charge is 0.237 e. The number of nitrogens with one attached hydrogen (secondary N) is 1. The van der Waals surface area contributed by atoms with E-state index in [9.17, 15) is 4.79 Å². The van der Waals surface area contributed by atoms with Crippen LogP contribution in [0.4, 0.5) is 0 Å². The highest BCUT2D eigenvalue weighted by Gasteiger charge is 2.30. The van der Waals surface area contributed by atoms with E-state index in [1.807, 2.05) is 18.2 Å². The second-order valence-electron chi connectivity index (χ2n) is 4.69. The summed E-state index contributed by atoms with van der Waals surface area (Å²) >= 11 is 0. The third-order valence-corrected chi connectivity index (χ3v) is 3.34. The Morgan fingerprint density at radius 1 is 1.30 bits per heavy atom. The molecule has 1 fully saturated rings. The molecule has 0 radical (unpaired) electrons. The van der Waals surface area contributed by atoms with Gasteiger partial charge in [0.1, 0.15) is 0 Å². The maximum Gasteiger partial charge on any atom is 0.237 e. The number of benzene rings is 1. The van der Waals surface area contributed by atoms with E-state index < -0.39 is 0 Å². The normalized spacial score (nSPS) is 17.9. The van der Waals surface area contributed by atoms with Gasteiger partial charge in [-0.25, -0.2) is 0 Å². The highest BCUT2D eigenvalue weighted by Crippen LogP contribution is 2.20. The van der Waals surface area contributed by atoms with Crippen molar-refractivity contribution in [2.75, 3.05) is 19.6 Å². The number of carbonyl (C=O) groups excluding carboxylic acids is 1. The molecule has 4 nitrogen and oxygen atoms in total. The molecule has 1 amide bonds. The van der Waals surface area contributed by atoms with Crippen LogP contribution in [0.15, 0.2) is 30.3 Å². The number of hydrogen-bond acceptors (Lipinski definition) is 3. The Kier molecular flexibility index (Phi) is 9.59. The summed E-state index contributed by atoms with van der Waals surface area (Å²) in [5.74, 6) is 0.119. The number of nitrogens with zero attached hydrogens (tertiary/aromatic N) is 1. The number of halogens is 2. The predicted molar refractivity (Wildman–Crippen MR) is 86.4 cm³/mol. The molecule has 3 N–H and O–H groups in total. The minimum atomic E-state index is 0. The molecule has 0 spiro atoms. The largest absolute Gasteiger partial charge is 0.353 e. The molecule has 0 bridgehead atoms. The Bertz CT molecular complexity index is 389. The third-order valence-electron chi connectivity index (χ3n) is 3.34. The molecule has 6 heteroatoms. The molecule has 1 unspecified atom stereocenters. The average Bonchev–Trinajstić information content (AvgIpc) is 2.85. The molecular weight excluding hydrogens is 297 g/mol. The summed E-state index contributed by atoms with van der Waals surface area (Å²) in [5.41, 5.74) is 6.67. The number of carbonyl (C=O) groups is 1. The van der Waals surface area contributed by atoms with Gasteiger partial charge in [-0.3, -0.25) is 9.69 Å². The summed E-state index contributed by atoms with van der Waals surface area (Å²) in [6.07, 6.45) is 2.04. The van der Waals surface area contributed by atoms with Crippen LogP contribution in [0.3, 0.4) is 0 Å². The molecule has 1 aliphatic rings. The van der Waals surface area contributed by atoms with Crippen molar-refractivity contribution in [1.82, 2.24) is 10.2 Å². The molecule has 1 atom stereocenters. The van der Waals surface area contributed by atoms with Crippen molar-refractivity contribution in [2.45, 2.75) is 25.4 Å². The maximum absolute atomic E-state index is 12.0. The van der Waals surface area contributed by atoms with Gasteiger partial charge in [0.15, 0.2) is 0 Å². The Morgan fingerprint density at radius 3 is 2.65 bits per heavy atom. The van der Waals surface area contributed by atoms with Crippen LogP contribution in [0.2, 0.25) is 0 Å². The minimum Gasteiger partial charge on any atom is -0.353 e. The molecular formula is C14H23Cl2N3O. The van der Waals surface area contributed by atoms with Gasteiger partial charge in [-0.1, -0.05) is 30.3 Å². The molecule has 0 aliphatic carbocycles. The van der Waals surface area contributed by atoms with E-state index in [1.165, 1.54) is 5.56 Å². The number of hydrogen-bond donors (Lipinski definition) is 2. The van der Waals surface area contributed by atoms with Crippen LogP contribution >= 0.6 is 24.8 Å². The van der Waals surface area contributed by atoms with Crippen LogP contribution in [0, 0.1) is 0 Å². The van der Waals surface area contributed by atoms with Gasteiger partial charge in [-0.2, -0.15) is 0 Å². The standard InChI is InChI=1S/C14H21N3O.2ClH/c15-8-9-16-14(18)13-7-4-10-17(13)11-12-5-2-1-3-6-12;;/h1-3,5-6,13H,4,7-11,15H2,(H,16,18);2*1H. The molecule has 1 saturated heterocycles. The van der Waals surface area contributed by atoms with Crippen molar-refractivity contribution in [2.24, 2.45) is 5.73 Å². The zero-order valence-corrected chi connectivity index (χ0v) is 13.1. The fraction of sp³-hybridized carbons (Fsp3) is 0.500. The van der Waals surface area contributed by atoms with Gasteiger partial charge in [0.2, 0.25) is 5.91 Å². The van der Waals surface area contributed by atoms with Crippen molar-refractivity contribution in [3.63, 3.8) is 0 Å². The highest BCUT2D eigenvalue weighted by atomic mass is 35.5. The molecule has 114 valence electrons. The summed E-state index contributed by atoms with van der Waals surface area (Å²) in [6, 6.07) is 10.3. The van der Waals surface area contributed by atoms with E-state index >= 15 is 0 Å². The van der Waals surface area contributed by atoms with Crippen LogP contribution in [0.5, 0.6) is 0 Å². The number of rotatable bonds is 5. The van der Waals surface area contributed by atoms with Crippen LogP contribution in [-0.4, -0.2) is 36.5 Å². The van der Waals surface area contributed by atoms with Gasteiger partial charge in [0.25, 0.3) is 0 Å². The molecule has 0 aromatic heterocycles. The van der Waals surface area contributed by atoms with E-state index in [4.69, 9.17) is 5.73 Å². The van der Waals surface area contributed by atoms with E-state index in [1.54, 1.807) is 0 Å². The van der Waals surface area contributed by atoms with Gasteiger partial charge < -0.3 is 11.1 Å². The van der Waals surface area contributed by atoms with Gasteiger partial charge in [-0.15, -0.1) is 24.8 Å². The SMILES string of the molecule is Cl.Cl.NCCNC(=O)C1CCCN1Cc1ccccc1. The lowest BCUT2D eigenvalue weighted by molar-refractivity contribution is -0.125. The summed E-state index contributed by atoms with van der Waals surface area (Å²) in [5, 5.41) is 2.88. The quantitative estimate of drug-likeness (QED) is 0.866. The van der Waals surface area contributed by atoms with E-state index in [0.717, 1.165) is 25.9 Å². The van der Waals surface area contributed by atoms with Crippen molar-refractivity contribution in [3.05, 3.63) is 35.9 Å². The first-order valence-electron chi connectivity index (χ1n) is 6.57. The summed E-state index contributed by atoms with van der Waals surface area (Å²) in [6.45, 7) is 2.91. The molecule has 2 rings (SSSR count). The first-order chi connectivity index (χ1) is 8.81. The zero-order valence-electron chi connectivity index (χ0n) is 11.5. The second-order valence-corrected chi connectivity index (χ2v) is 4.69. The Morgan fingerprint density at radius 2 is 2.00 bits per heavy atom. The lowest BCUT2D eigenvalue weighted by atomic mass is 10.1. The fourth-order valence-corrected chi connectivity index (χ4v) is 2.44. The van der Waals surface area contributed by atoms with Crippen LogP contribution in [0.1, 0.15) is 18.4 Å². The topological polar surface area (TPSA) is 58.4 Å². The Labute approximate surface area is 132 Å². The lowest BCUT2D eigenvalue weighted by Crippen LogP contribution is -2.44. The highest BCUT2D eigenvalue weighted by molar-refractivity contribution is 5.85. The predicted octanol–water partition coefficient (Wildman–Crippen LogP) is 1.57. The third kappa shape index (κ3) is 5.29. The summed E-state index contributed by atoms with van der Waals surface area (Å²) in [7, 11) is 0. The number of amides is 1. The van der Waals surface area contributed by atoms with Crippen molar-refractivity contribution >= 4 is 30.7 Å². The fourth-order valence-electron chi connectivity index (χ4n) is 2.44. The monoisotopic (exact) mass is 319 g/mol. The lowest BCUT2D eigenvalue weighted by Gasteiger charge is -2.23. The summed E-state index contributed by atoms with van der Waals surface area (Å²) in [4.78, 5) is 14.2. The number of likely N-dealkylation sites (tertiary alicyclic amines) is 1. The zero-order chi connectivity index (χ0) is 12.8. The molecule has 1 heterocycles. The van der Waals surface area contributed by atoms with E-state index in [0.29, 0.717) is 13.1 Å². The van der Waals surface area contributed by atoms with Crippen molar-refractivity contribution in [1.29, 1.82) is 0 Å². The van der Waals surface area contributed by atoms with Crippen LogP contribution in [0.25, 0.3) is 0 Å². The average molecular weight is 320 g/mol. The molecule has 20 heavy (non-hydrogen) atoms. The minimum absolute atomic E-state index is 0. The van der Waals surface area contributed by atoms with Crippen LogP contribution < -0.4 is 11.1 Å². The first kappa shape index (κ1) is 19.2. The van der Waals surface area contributed by atoms with Gasteiger partial charge in [0, 0.05) is 19.6 Å². The Hall–Kier alpha value is -0.810. The molecule has 1 aromatic carbocycles. The van der Waals surface area contributed by atoms with Crippen molar-refractivity contribution < 1.29 is 4.79 Å². The van der Waals surface area contributed by atoms with Gasteiger partial charge >= 0.3 is 0 Å². The van der Waals surface area contributed by atoms with E-state index in [2.05, 4.69) is 22.3 Å². The molecule has 1 aromatic rings. The Balaban J connectivity index is 0.00000180. The van der Waals surface area contributed by atoms with E-state index in [-0.39, 0.29) is 36.8 Å².